The van der Waals surface area contributed by atoms with E-state index in [0.717, 1.165) is 50.7 Å². The van der Waals surface area contributed by atoms with Gasteiger partial charge < -0.3 is 14.8 Å². The SMILES string of the molecule is O=Cc1ccc2c(c1)CCC(NC(=O)c1ccc(OCC3CCCO3)cc1)C2. The van der Waals surface area contributed by atoms with Crippen LogP contribution in [0.2, 0.25) is 0 Å². The molecule has 1 amide bonds. The number of ether oxygens (including phenoxy) is 2. The van der Waals surface area contributed by atoms with Crippen LogP contribution in [0.5, 0.6) is 5.75 Å². The van der Waals surface area contributed by atoms with Crippen molar-refractivity contribution in [3.8, 4) is 5.75 Å². The minimum atomic E-state index is -0.0661. The first kappa shape index (κ1) is 18.7. The molecule has 0 aromatic heterocycles. The van der Waals surface area contributed by atoms with Gasteiger partial charge in [-0.2, -0.15) is 0 Å². The third kappa shape index (κ3) is 4.42. The second-order valence-electron chi connectivity index (χ2n) is 7.53. The zero-order chi connectivity index (χ0) is 19.3. The molecular weight excluding hydrogens is 354 g/mol. The fraction of sp³-hybridized carbons (Fsp3) is 0.391. The molecule has 146 valence electrons. The van der Waals surface area contributed by atoms with E-state index in [4.69, 9.17) is 9.47 Å². The van der Waals surface area contributed by atoms with Gasteiger partial charge in [-0.15, -0.1) is 0 Å². The molecule has 4 rings (SSSR count). The van der Waals surface area contributed by atoms with Gasteiger partial charge in [-0.25, -0.2) is 0 Å². The van der Waals surface area contributed by atoms with Crippen LogP contribution in [0.4, 0.5) is 0 Å². The molecule has 5 heteroatoms. The summed E-state index contributed by atoms with van der Waals surface area (Å²) in [4.78, 5) is 23.5. The monoisotopic (exact) mass is 379 g/mol. The van der Waals surface area contributed by atoms with E-state index in [1.54, 1.807) is 12.1 Å². The van der Waals surface area contributed by atoms with Gasteiger partial charge in [0.15, 0.2) is 0 Å². The van der Waals surface area contributed by atoms with Crippen molar-refractivity contribution in [1.82, 2.24) is 5.32 Å². The number of aldehydes is 1. The van der Waals surface area contributed by atoms with Crippen molar-refractivity contribution in [1.29, 1.82) is 0 Å². The lowest BCUT2D eigenvalue weighted by Crippen LogP contribution is -2.38. The number of benzene rings is 2. The van der Waals surface area contributed by atoms with Crippen LogP contribution in [0, 0.1) is 0 Å². The van der Waals surface area contributed by atoms with Gasteiger partial charge in [-0.1, -0.05) is 12.1 Å². The third-order valence-electron chi connectivity index (χ3n) is 5.51. The van der Waals surface area contributed by atoms with E-state index >= 15 is 0 Å². The minimum absolute atomic E-state index is 0.0661. The van der Waals surface area contributed by atoms with Crippen molar-refractivity contribution in [2.75, 3.05) is 13.2 Å². The standard InChI is InChI=1S/C23H25NO4/c25-14-16-3-4-19-13-20(8-5-18(19)12-16)24-23(26)17-6-9-21(10-7-17)28-15-22-2-1-11-27-22/h3-4,6-7,9-10,12,14,20,22H,1-2,5,8,11,13,15H2,(H,24,26). The van der Waals surface area contributed by atoms with Crippen LogP contribution in [-0.4, -0.2) is 37.6 Å². The molecule has 5 nitrogen and oxygen atoms in total. The zero-order valence-corrected chi connectivity index (χ0v) is 15.9. The maximum Gasteiger partial charge on any atom is 0.251 e. The van der Waals surface area contributed by atoms with Crippen LogP contribution in [0.1, 0.15) is 51.1 Å². The van der Waals surface area contributed by atoms with Gasteiger partial charge in [-0.05, 0) is 73.6 Å². The maximum atomic E-state index is 12.6. The van der Waals surface area contributed by atoms with Crippen molar-refractivity contribution >= 4 is 12.2 Å². The van der Waals surface area contributed by atoms with E-state index in [-0.39, 0.29) is 18.1 Å². The molecule has 1 aliphatic carbocycles. The zero-order valence-electron chi connectivity index (χ0n) is 15.9. The Morgan fingerprint density at radius 1 is 1.14 bits per heavy atom. The number of aryl methyl sites for hydroxylation is 1. The lowest BCUT2D eigenvalue weighted by molar-refractivity contribution is 0.0679. The Labute approximate surface area is 165 Å². The molecule has 1 aliphatic heterocycles. The highest BCUT2D eigenvalue weighted by Crippen LogP contribution is 2.23. The van der Waals surface area contributed by atoms with Crippen molar-refractivity contribution in [3.63, 3.8) is 0 Å². The van der Waals surface area contributed by atoms with Crippen molar-refractivity contribution in [2.24, 2.45) is 0 Å². The lowest BCUT2D eigenvalue weighted by atomic mass is 9.87. The second-order valence-corrected chi connectivity index (χ2v) is 7.53. The average molecular weight is 379 g/mol. The van der Waals surface area contributed by atoms with E-state index in [1.165, 1.54) is 11.1 Å². The molecule has 28 heavy (non-hydrogen) atoms. The summed E-state index contributed by atoms with van der Waals surface area (Å²) < 4.78 is 11.3. The number of rotatable bonds is 6. The summed E-state index contributed by atoms with van der Waals surface area (Å²) in [6.07, 6.45) is 5.74. The highest BCUT2D eigenvalue weighted by atomic mass is 16.5. The van der Waals surface area contributed by atoms with Gasteiger partial charge in [-0.3, -0.25) is 9.59 Å². The molecule has 1 saturated heterocycles. The van der Waals surface area contributed by atoms with Crippen LogP contribution in [0.15, 0.2) is 42.5 Å². The van der Waals surface area contributed by atoms with Gasteiger partial charge in [0, 0.05) is 23.8 Å². The minimum Gasteiger partial charge on any atom is -0.491 e. The molecular formula is C23H25NO4. The fourth-order valence-corrected chi connectivity index (χ4v) is 3.91. The Balaban J connectivity index is 1.31. The average Bonchev–Trinajstić information content (AvgIpc) is 3.26. The molecule has 0 spiro atoms. The molecule has 2 aliphatic rings. The molecule has 1 N–H and O–H groups in total. The fourth-order valence-electron chi connectivity index (χ4n) is 3.91. The number of fused-ring (bicyclic) bond motifs is 1. The van der Waals surface area contributed by atoms with Crippen molar-refractivity contribution in [3.05, 3.63) is 64.7 Å². The number of hydrogen-bond acceptors (Lipinski definition) is 4. The van der Waals surface area contributed by atoms with Crippen LogP contribution in [0.25, 0.3) is 0 Å². The summed E-state index contributed by atoms with van der Waals surface area (Å²) in [5.74, 6) is 0.688. The topological polar surface area (TPSA) is 64.6 Å². The Hall–Kier alpha value is -2.66. The largest absolute Gasteiger partial charge is 0.491 e. The van der Waals surface area contributed by atoms with Crippen molar-refractivity contribution in [2.45, 2.75) is 44.2 Å². The van der Waals surface area contributed by atoms with Crippen LogP contribution in [0.3, 0.4) is 0 Å². The first-order chi connectivity index (χ1) is 13.7. The summed E-state index contributed by atoms with van der Waals surface area (Å²) >= 11 is 0. The normalized spacial score (nSPS) is 21.0. The van der Waals surface area contributed by atoms with Crippen LogP contribution in [-0.2, 0) is 17.6 Å². The molecule has 2 aromatic carbocycles. The number of carbonyl (C=O) groups excluding carboxylic acids is 2. The quantitative estimate of drug-likeness (QED) is 0.782. The molecule has 2 atom stereocenters. The van der Waals surface area contributed by atoms with E-state index in [0.29, 0.717) is 17.7 Å². The van der Waals surface area contributed by atoms with Gasteiger partial charge in [0.05, 0.1) is 6.10 Å². The van der Waals surface area contributed by atoms with Crippen LogP contribution >= 0.6 is 0 Å². The Kier molecular flexibility index (Phi) is 5.72. The van der Waals surface area contributed by atoms with E-state index in [9.17, 15) is 9.59 Å². The smallest absolute Gasteiger partial charge is 0.251 e. The summed E-state index contributed by atoms with van der Waals surface area (Å²) in [6, 6.07) is 13.2. The molecule has 1 heterocycles. The lowest BCUT2D eigenvalue weighted by Gasteiger charge is -2.25. The highest BCUT2D eigenvalue weighted by Gasteiger charge is 2.21. The predicted molar refractivity (Wildman–Crippen MR) is 106 cm³/mol. The van der Waals surface area contributed by atoms with Gasteiger partial charge in [0.25, 0.3) is 5.91 Å². The molecule has 2 aromatic rings. The van der Waals surface area contributed by atoms with Crippen molar-refractivity contribution < 1.29 is 19.1 Å². The molecule has 2 unspecified atom stereocenters. The number of nitrogens with one attached hydrogen (secondary N) is 1. The van der Waals surface area contributed by atoms with E-state index in [1.807, 2.05) is 30.3 Å². The molecule has 0 saturated carbocycles. The predicted octanol–water partition coefficient (Wildman–Crippen LogP) is 3.34. The molecule has 0 bridgehead atoms. The Bertz CT molecular complexity index is 840. The van der Waals surface area contributed by atoms with Crippen LogP contribution < -0.4 is 10.1 Å². The number of hydrogen-bond donors (Lipinski definition) is 1. The molecule has 0 radical (unpaired) electrons. The first-order valence-corrected chi connectivity index (χ1v) is 9.93. The summed E-state index contributed by atoms with van der Waals surface area (Å²) in [7, 11) is 0. The maximum absolute atomic E-state index is 12.6. The Morgan fingerprint density at radius 3 is 2.75 bits per heavy atom. The van der Waals surface area contributed by atoms with Gasteiger partial charge in [0.1, 0.15) is 18.6 Å². The van der Waals surface area contributed by atoms with Gasteiger partial charge in [0.2, 0.25) is 0 Å². The van der Waals surface area contributed by atoms with Gasteiger partial charge >= 0.3 is 0 Å². The molecule has 1 fully saturated rings. The second kappa shape index (κ2) is 8.57. The number of amides is 1. The summed E-state index contributed by atoms with van der Waals surface area (Å²) in [5, 5.41) is 3.13. The third-order valence-corrected chi connectivity index (χ3v) is 5.51. The summed E-state index contributed by atoms with van der Waals surface area (Å²) in [5.41, 5.74) is 3.76. The first-order valence-electron chi connectivity index (χ1n) is 9.93. The number of carbonyl (C=O) groups is 2. The van der Waals surface area contributed by atoms with E-state index < -0.39 is 0 Å². The Morgan fingerprint density at radius 2 is 2.00 bits per heavy atom. The highest BCUT2D eigenvalue weighted by molar-refractivity contribution is 5.94. The summed E-state index contributed by atoms with van der Waals surface area (Å²) in [6.45, 7) is 1.37. The van der Waals surface area contributed by atoms with E-state index in [2.05, 4.69) is 5.32 Å².